The molecule has 0 aliphatic rings. The Morgan fingerprint density at radius 3 is 2.30 bits per heavy atom. The van der Waals surface area contributed by atoms with Crippen LogP contribution in [0.5, 0.6) is 0 Å². The minimum Gasteiger partial charge on any atom is -0.326 e. The van der Waals surface area contributed by atoms with Gasteiger partial charge in [0.25, 0.3) is 0 Å². The zero-order valence-electron chi connectivity index (χ0n) is 13.3. The highest BCUT2D eigenvalue weighted by Crippen LogP contribution is 2.28. The molecule has 0 saturated heterocycles. The molecular weight excluding hydrogens is 251 g/mol. The van der Waals surface area contributed by atoms with Crippen LogP contribution in [0.15, 0.2) is 24.3 Å². The fourth-order valence-electron chi connectivity index (χ4n) is 2.74. The summed E-state index contributed by atoms with van der Waals surface area (Å²) in [5, 5.41) is 0. The monoisotopic (exact) mass is 280 g/mol. The summed E-state index contributed by atoms with van der Waals surface area (Å²) in [6, 6.07) is 7.19. The molecule has 1 aromatic carbocycles. The summed E-state index contributed by atoms with van der Waals surface area (Å²) in [7, 11) is 0. The van der Waals surface area contributed by atoms with Crippen LogP contribution < -0.4 is 5.73 Å². The molecule has 0 aliphatic heterocycles. The lowest BCUT2D eigenvalue weighted by molar-refractivity contribution is 0.130. The van der Waals surface area contributed by atoms with Gasteiger partial charge in [-0.25, -0.2) is 4.39 Å². The third kappa shape index (κ3) is 4.57. The Morgan fingerprint density at radius 1 is 1.15 bits per heavy atom. The van der Waals surface area contributed by atoms with Crippen LogP contribution in [0, 0.1) is 5.82 Å². The SMILES string of the molecule is CCCCCN(C(C)C)C(c1ccccc1F)C(C)N. The first-order chi connectivity index (χ1) is 9.49. The topological polar surface area (TPSA) is 29.3 Å². The predicted octanol–water partition coefficient (Wildman–Crippen LogP) is 4.11. The second-order valence-corrected chi connectivity index (χ2v) is 5.86. The van der Waals surface area contributed by atoms with Crippen LogP contribution >= 0.6 is 0 Å². The van der Waals surface area contributed by atoms with Crippen molar-refractivity contribution in [3.05, 3.63) is 35.6 Å². The summed E-state index contributed by atoms with van der Waals surface area (Å²) in [4.78, 5) is 2.33. The molecule has 0 heterocycles. The Balaban J connectivity index is 2.99. The van der Waals surface area contributed by atoms with Crippen molar-refractivity contribution in [3.8, 4) is 0 Å². The third-order valence-electron chi connectivity index (χ3n) is 3.76. The Bertz CT molecular complexity index is 390. The molecule has 2 atom stereocenters. The highest BCUT2D eigenvalue weighted by Gasteiger charge is 2.27. The zero-order valence-corrected chi connectivity index (χ0v) is 13.3. The van der Waals surface area contributed by atoms with E-state index < -0.39 is 0 Å². The molecule has 0 amide bonds. The van der Waals surface area contributed by atoms with Crippen molar-refractivity contribution in [2.24, 2.45) is 5.73 Å². The number of unbranched alkanes of at least 4 members (excludes halogenated alkanes) is 2. The molecule has 0 radical (unpaired) electrons. The van der Waals surface area contributed by atoms with Crippen LogP contribution in [-0.4, -0.2) is 23.5 Å². The van der Waals surface area contributed by atoms with Gasteiger partial charge in [-0.1, -0.05) is 38.0 Å². The van der Waals surface area contributed by atoms with E-state index in [0.717, 1.165) is 13.0 Å². The molecule has 2 unspecified atom stereocenters. The molecule has 3 heteroatoms. The molecule has 1 aromatic rings. The summed E-state index contributed by atoms with van der Waals surface area (Å²) in [6.45, 7) is 9.43. The Kier molecular flexibility index (Phi) is 7.17. The van der Waals surface area contributed by atoms with Crippen LogP contribution in [0.2, 0.25) is 0 Å². The maximum Gasteiger partial charge on any atom is 0.128 e. The Morgan fingerprint density at radius 2 is 1.80 bits per heavy atom. The van der Waals surface area contributed by atoms with E-state index >= 15 is 0 Å². The van der Waals surface area contributed by atoms with Crippen LogP contribution in [-0.2, 0) is 0 Å². The van der Waals surface area contributed by atoms with E-state index in [0.29, 0.717) is 11.6 Å². The van der Waals surface area contributed by atoms with Gasteiger partial charge in [0.1, 0.15) is 5.82 Å². The molecule has 114 valence electrons. The number of nitrogens with two attached hydrogens (primary N) is 1. The van der Waals surface area contributed by atoms with E-state index in [9.17, 15) is 4.39 Å². The number of rotatable bonds is 8. The quantitative estimate of drug-likeness (QED) is 0.726. The van der Waals surface area contributed by atoms with Gasteiger partial charge in [-0.3, -0.25) is 4.90 Å². The zero-order chi connectivity index (χ0) is 15.1. The molecule has 2 nitrogen and oxygen atoms in total. The van der Waals surface area contributed by atoms with Crippen LogP contribution in [0.3, 0.4) is 0 Å². The molecular formula is C17H29FN2. The highest BCUT2D eigenvalue weighted by molar-refractivity contribution is 5.23. The van der Waals surface area contributed by atoms with E-state index in [1.165, 1.54) is 18.9 Å². The van der Waals surface area contributed by atoms with E-state index in [1.807, 2.05) is 19.1 Å². The van der Waals surface area contributed by atoms with E-state index in [-0.39, 0.29) is 17.9 Å². The normalized spacial score (nSPS) is 14.8. The maximum atomic E-state index is 14.1. The number of nitrogens with zero attached hydrogens (tertiary/aromatic N) is 1. The van der Waals surface area contributed by atoms with Crippen molar-refractivity contribution in [2.75, 3.05) is 6.54 Å². The minimum absolute atomic E-state index is 0.0620. The van der Waals surface area contributed by atoms with Crippen molar-refractivity contribution in [2.45, 2.75) is 65.1 Å². The molecule has 0 aromatic heterocycles. The van der Waals surface area contributed by atoms with E-state index in [4.69, 9.17) is 5.73 Å². The van der Waals surface area contributed by atoms with Gasteiger partial charge >= 0.3 is 0 Å². The minimum atomic E-state index is -0.157. The van der Waals surface area contributed by atoms with Gasteiger partial charge in [0.15, 0.2) is 0 Å². The highest BCUT2D eigenvalue weighted by atomic mass is 19.1. The fourth-order valence-corrected chi connectivity index (χ4v) is 2.74. The van der Waals surface area contributed by atoms with Gasteiger partial charge in [0.05, 0.1) is 6.04 Å². The van der Waals surface area contributed by atoms with Crippen molar-refractivity contribution >= 4 is 0 Å². The summed E-state index contributed by atoms with van der Waals surface area (Å²) in [5.74, 6) is -0.157. The largest absolute Gasteiger partial charge is 0.326 e. The molecule has 0 saturated carbocycles. The van der Waals surface area contributed by atoms with Crippen LogP contribution in [0.4, 0.5) is 4.39 Å². The Hall–Kier alpha value is -0.930. The van der Waals surface area contributed by atoms with Gasteiger partial charge in [-0.2, -0.15) is 0 Å². The van der Waals surface area contributed by atoms with E-state index in [2.05, 4.69) is 25.7 Å². The van der Waals surface area contributed by atoms with Crippen molar-refractivity contribution < 1.29 is 4.39 Å². The average molecular weight is 280 g/mol. The lowest BCUT2D eigenvalue weighted by Crippen LogP contribution is -2.44. The summed E-state index contributed by atoms with van der Waals surface area (Å²) in [6.07, 6.45) is 3.52. The molecule has 0 fully saturated rings. The van der Waals surface area contributed by atoms with Gasteiger partial charge in [0.2, 0.25) is 0 Å². The predicted molar refractivity (Wildman–Crippen MR) is 84.2 cm³/mol. The average Bonchev–Trinajstić information content (AvgIpc) is 2.39. The van der Waals surface area contributed by atoms with Crippen molar-refractivity contribution in [1.82, 2.24) is 4.90 Å². The van der Waals surface area contributed by atoms with Gasteiger partial charge in [-0.05, 0) is 39.8 Å². The lowest BCUT2D eigenvalue weighted by Gasteiger charge is -2.37. The number of hydrogen-bond donors (Lipinski definition) is 1. The molecule has 0 bridgehead atoms. The summed E-state index contributed by atoms with van der Waals surface area (Å²) < 4.78 is 14.1. The first-order valence-corrected chi connectivity index (χ1v) is 7.74. The number of halogens is 1. The lowest BCUT2D eigenvalue weighted by atomic mass is 9.96. The van der Waals surface area contributed by atoms with Crippen molar-refractivity contribution in [3.63, 3.8) is 0 Å². The van der Waals surface area contributed by atoms with Gasteiger partial charge < -0.3 is 5.73 Å². The standard InChI is InChI=1S/C17H29FN2/c1-5-6-9-12-20(13(2)3)17(14(4)19)15-10-7-8-11-16(15)18/h7-8,10-11,13-14,17H,5-6,9,12,19H2,1-4H3. The molecule has 2 N–H and O–H groups in total. The van der Waals surface area contributed by atoms with E-state index in [1.54, 1.807) is 6.07 Å². The molecule has 20 heavy (non-hydrogen) atoms. The molecule has 0 aliphatic carbocycles. The smallest absolute Gasteiger partial charge is 0.128 e. The molecule has 1 rings (SSSR count). The summed E-state index contributed by atoms with van der Waals surface area (Å²) >= 11 is 0. The number of benzene rings is 1. The fraction of sp³-hybridized carbons (Fsp3) is 0.647. The van der Waals surface area contributed by atoms with Crippen LogP contribution in [0.1, 0.15) is 58.6 Å². The van der Waals surface area contributed by atoms with Gasteiger partial charge in [-0.15, -0.1) is 0 Å². The third-order valence-corrected chi connectivity index (χ3v) is 3.76. The van der Waals surface area contributed by atoms with Gasteiger partial charge in [0, 0.05) is 17.6 Å². The van der Waals surface area contributed by atoms with Crippen LogP contribution in [0.25, 0.3) is 0 Å². The molecule has 0 spiro atoms. The second kappa shape index (κ2) is 8.38. The second-order valence-electron chi connectivity index (χ2n) is 5.86. The number of hydrogen-bond acceptors (Lipinski definition) is 2. The summed E-state index contributed by atoms with van der Waals surface area (Å²) in [5.41, 5.74) is 6.89. The first kappa shape index (κ1) is 17.1. The maximum absolute atomic E-state index is 14.1. The first-order valence-electron chi connectivity index (χ1n) is 7.74. The van der Waals surface area contributed by atoms with Crippen molar-refractivity contribution in [1.29, 1.82) is 0 Å². The Labute approximate surface area is 123 Å².